The molecule has 3 rings (SSSR count). The van der Waals surface area contributed by atoms with Crippen LogP contribution < -0.4 is 5.32 Å². The molecule has 2 heterocycles. The van der Waals surface area contributed by atoms with Gasteiger partial charge in [0.25, 0.3) is 0 Å². The lowest BCUT2D eigenvalue weighted by molar-refractivity contribution is 0.388. The molecule has 106 valence electrons. The minimum Gasteiger partial charge on any atom is -0.335 e. The molecule has 1 aliphatic rings. The number of hydrogen-bond acceptors (Lipinski definition) is 2. The Kier molecular flexibility index (Phi) is 3.83. The SMILES string of the molecule is CCn1cncc1C1CCNCC1c1ccc(F)cc1. The molecule has 1 N–H and O–H groups in total. The van der Waals surface area contributed by atoms with Gasteiger partial charge in [-0.15, -0.1) is 0 Å². The Labute approximate surface area is 118 Å². The topological polar surface area (TPSA) is 29.9 Å². The summed E-state index contributed by atoms with van der Waals surface area (Å²) in [6.45, 7) is 5.04. The third-order valence-electron chi connectivity index (χ3n) is 4.25. The van der Waals surface area contributed by atoms with E-state index in [1.54, 1.807) is 12.1 Å². The van der Waals surface area contributed by atoms with Crippen molar-refractivity contribution in [2.45, 2.75) is 31.7 Å². The van der Waals surface area contributed by atoms with E-state index < -0.39 is 0 Å². The Morgan fingerprint density at radius 2 is 2.10 bits per heavy atom. The monoisotopic (exact) mass is 273 g/mol. The highest BCUT2D eigenvalue weighted by molar-refractivity contribution is 5.27. The van der Waals surface area contributed by atoms with Gasteiger partial charge in [-0.1, -0.05) is 12.1 Å². The van der Waals surface area contributed by atoms with Crippen LogP contribution in [0.25, 0.3) is 0 Å². The van der Waals surface area contributed by atoms with Crippen LogP contribution in [-0.2, 0) is 6.54 Å². The lowest BCUT2D eigenvalue weighted by atomic mass is 9.79. The van der Waals surface area contributed by atoms with Gasteiger partial charge in [0, 0.05) is 36.8 Å². The van der Waals surface area contributed by atoms with Crippen LogP contribution in [0.3, 0.4) is 0 Å². The Morgan fingerprint density at radius 1 is 1.30 bits per heavy atom. The molecule has 3 nitrogen and oxygen atoms in total. The van der Waals surface area contributed by atoms with Gasteiger partial charge in [0.1, 0.15) is 5.82 Å². The molecule has 2 aromatic rings. The number of piperidine rings is 1. The molecule has 0 aliphatic carbocycles. The van der Waals surface area contributed by atoms with Gasteiger partial charge >= 0.3 is 0 Å². The minimum atomic E-state index is -0.173. The zero-order valence-electron chi connectivity index (χ0n) is 11.7. The fourth-order valence-electron chi connectivity index (χ4n) is 3.18. The van der Waals surface area contributed by atoms with Gasteiger partial charge in [0.2, 0.25) is 0 Å². The van der Waals surface area contributed by atoms with E-state index in [0.29, 0.717) is 11.8 Å². The van der Waals surface area contributed by atoms with E-state index in [0.717, 1.165) is 26.1 Å². The van der Waals surface area contributed by atoms with Crippen LogP contribution in [-0.4, -0.2) is 22.6 Å². The van der Waals surface area contributed by atoms with Crippen molar-refractivity contribution >= 4 is 0 Å². The number of nitrogens with one attached hydrogen (secondary N) is 1. The van der Waals surface area contributed by atoms with Crippen molar-refractivity contribution in [2.24, 2.45) is 0 Å². The van der Waals surface area contributed by atoms with Crippen LogP contribution in [0.2, 0.25) is 0 Å². The Morgan fingerprint density at radius 3 is 2.85 bits per heavy atom. The Hall–Kier alpha value is -1.68. The molecule has 1 saturated heterocycles. The molecule has 1 fully saturated rings. The van der Waals surface area contributed by atoms with E-state index in [2.05, 4.69) is 21.8 Å². The number of aryl methyl sites for hydroxylation is 1. The quantitative estimate of drug-likeness (QED) is 0.932. The molecule has 0 saturated carbocycles. The van der Waals surface area contributed by atoms with Gasteiger partial charge in [-0.05, 0) is 37.6 Å². The van der Waals surface area contributed by atoms with E-state index in [1.165, 1.54) is 11.3 Å². The molecular formula is C16H20FN3. The van der Waals surface area contributed by atoms with Crippen molar-refractivity contribution in [3.63, 3.8) is 0 Å². The summed E-state index contributed by atoms with van der Waals surface area (Å²) in [5, 5.41) is 3.45. The van der Waals surface area contributed by atoms with E-state index in [-0.39, 0.29) is 5.82 Å². The first-order valence-electron chi connectivity index (χ1n) is 7.25. The second kappa shape index (κ2) is 5.75. The highest BCUT2D eigenvalue weighted by Gasteiger charge is 2.29. The van der Waals surface area contributed by atoms with Gasteiger partial charge < -0.3 is 9.88 Å². The normalized spacial score (nSPS) is 22.9. The number of hydrogen-bond donors (Lipinski definition) is 1. The second-order valence-corrected chi connectivity index (χ2v) is 5.36. The summed E-state index contributed by atoms with van der Waals surface area (Å²) in [4.78, 5) is 4.29. The molecule has 0 bridgehead atoms. The maximum atomic E-state index is 13.1. The summed E-state index contributed by atoms with van der Waals surface area (Å²) in [5.41, 5.74) is 2.50. The maximum Gasteiger partial charge on any atom is 0.123 e. The Bertz CT molecular complexity index is 561. The molecular weight excluding hydrogens is 253 g/mol. The summed E-state index contributed by atoms with van der Waals surface area (Å²) in [7, 11) is 0. The van der Waals surface area contributed by atoms with Gasteiger partial charge in [0.15, 0.2) is 0 Å². The van der Waals surface area contributed by atoms with E-state index in [1.807, 2.05) is 24.7 Å². The van der Waals surface area contributed by atoms with Crippen molar-refractivity contribution in [2.75, 3.05) is 13.1 Å². The van der Waals surface area contributed by atoms with Crippen molar-refractivity contribution < 1.29 is 4.39 Å². The zero-order chi connectivity index (χ0) is 13.9. The first-order valence-corrected chi connectivity index (χ1v) is 7.25. The predicted molar refractivity (Wildman–Crippen MR) is 77.3 cm³/mol. The van der Waals surface area contributed by atoms with Crippen LogP contribution >= 0.6 is 0 Å². The van der Waals surface area contributed by atoms with Crippen molar-refractivity contribution in [1.82, 2.24) is 14.9 Å². The minimum absolute atomic E-state index is 0.173. The fourth-order valence-corrected chi connectivity index (χ4v) is 3.18. The lowest BCUT2D eigenvalue weighted by Gasteiger charge is -2.33. The summed E-state index contributed by atoms with van der Waals surface area (Å²) in [6, 6.07) is 6.93. The second-order valence-electron chi connectivity index (χ2n) is 5.36. The van der Waals surface area contributed by atoms with Gasteiger partial charge in [-0.2, -0.15) is 0 Å². The molecule has 2 atom stereocenters. The summed E-state index contributed by atoms with van der Waals surface area (Å²) < 4.78 is 15.3. The number of nitrogens with zero attached hydrogens (tertiary/aromatic N) is 2. The van der Waals surface area contributed by atoms with Crippen molar-refractivity contribution in [3.05, 3.63) is 53.9 Å². The number of imidazole rings is 1. The number of halogens is 1. The average Bonchev–Trinajstić information content (AvgIpc) is 2.96. The fraction of sp³-hybridized carbons (Fsp3) is 0.438. The predicted octanol–water partition coefficient (Wildman–Crippen LogP) is 2.90. The molecule has 20 heavy (non-hydrogen) atoms. The van der Waals surface area contributed by atoms with Crippen molar-refractivity contribution in [1.29, 1.82) is 0 Å². The first kappa shape index (κ1) is 13.3. The molecule has 0 radical (unpaired) electrons. The first-order chi connectivity index (χ1) is 9.79. The van der Waals surface area contributed by atoms with Crippen LogP contribution in [0.15, 0.2) is 36.8 Å². The van der Waals surface area contributed by atoms with Crippen LogP contribution in [0.1, 0.15) is 36.4 Å². The molecule has 0 spiro atoms. The summed E-state index contributed by atoms with van der Waals surface area (Å²) >= 11 is 0. The standard InChI is InChI=1S/C16H20FN3/c1-2-20-11-19-10-16(20)14-7-8-18-9-15(14)12-3-5-13(17)6-4-12/h3-6,10-11,14-15,18H,2,7-9H2,1H3. The number of aromatic nitrogens is 2. The molecule has 1 aromatic carbocycles. The number of rotatable bonds is 3. The maximum absolute atomic E-state index is 13.1. The van der Waals surface area contributed by atoms with Gasteiger partial charge in [-0.3, -0.25) is 0 Å². The van der Waals surface area contributed by atoms with Crippen molar-refractivity contribution in [3.8, 4) is 0 Å². The van der Waals surface area contributed by atoms with E-state index in [9.17, 15) is 4.39 Å². The largest absolute Gasteiger partial charge is 0.335 e. The van der Waals surface area contributed by atoms with E-state index >= 15 is 0 Å². The molecule has 1 aliphatic heterocycles. The molecule has 2 unspecified atom stereocenters. The highest BCUT2D eigenvalue weighted by Crippen LogP contribution is 2.37. The van der Waals surface area contributed by atoms with Crippen LogP contribution in [0.5, 0.6) is 0 Å². The molecule has 0 amide bonds. The van der Waals surface area contributed by atoms with Gasteiger partial charge in [-0.25, -0.2) is 9.37 Å². The molecule has 1 aromatic heterocycles. The van der Waals surface area contributed by atoms with Crippen LogP contribution in [0, 0.1) is 5.82 Å². The van der Waals surface area contributed by atoms with Gasteiger partial charge in [0.05, 0.1) is 6.33 Å². The third kappa shape index (κ3) is 2.48. The lowest BCUT2D eigenvalue weighted by Crippen LogP contribution is -2.34. The van der Waals surface area contributed by atoms with Crippen LogP contribution in [0.4, 0.5) is 4.39 Å². The Balaban J connectivity index is 1.93. The van der Waals surface area contributed by atoms with E-state index in [4.69, 9.17) is 0 Å². The average molecular weight is 273 g/mol. The highest BCUT2D eigenvalue weighted by atomic mass is 19.1. The molecule has 4 heteroatoms. The summed E-state index contributed by atoms with van der Waals surface area (Å²) in [5.74, 6) is 0.656. The number of benzene rings is 1. The summed E-state index contributed by atoms with van der Waals surface area (Å²) in [6.07, 6.45) is 4.98. The smallest absolute Gasteiger partial charge is 0.123 e. The zero-order valence-corrected chi connectivity index (χ0v) is 11.7. The third-order valence-corrected chi connectivity index (χ3v) is 4.25.